The Morgan fingerprint density at radius 1 is 1.18 bits per heavy atom. The second-order valence-electron chi connectivity index (χ2n) is 5.00. The molecule has 0 fully saturated rings. The number of hydrogen-bond donors (Lipinski definition) is 1. The van der Waals surface area contributed by atoms with Crippen LogP contribution in [0.4, 0.5) is 0 Å². The van der Waals surface area contributed by atoms with E-state index in [4.69, 9.17) is 0 Å². The lowest BCUT2D eigenvalue weighted by Crippen LogP contribution is -2.18. The van der Waals surface area contributed by atoms with E-state index in [1.165, 1.54) is 6.92 Å². The number of imidazole rings is 1. The van der Waals surface area contributed by atoms with Crippen LogP contribution in [0.5, 0.6) is 0 Å². The van der Waals surface area contributed by atoms with Gasteiger partial charge in [0.2, 0.25) is 5.91 Å². The summed E-state index contributed by atoms with van der Waals surface area (Å²) in [5, 5.41) is 10.9. The number of carbonyl (C=O) groups is 1. The fourth-order valence-corrected chi connectivity index (χ4v) is 2.19. The lowest BCUT2D eigenvalue weighted by molar-refractivity contribution is -0.119. The third kappa shape index (κ3) is 2.73. The van der Waals surface area contributed by atoms with E-state index in [1.807, 2.05) is 35.9 Å². The average Bonchev–Trinajstić information content (AvgIpc) is 3.14. The zero-order chi connectivity index (χ0) is 15.5. The summed E-state index contributed by atoms with van der Waals surface area (Å²) in [7, 11) is 1.93. The first-order valence-electron chi connectivity index (χ1n) is 6.86. The van der Waals surface area contributed by atoms with Crippen molar-refractivity contribution < 1.29 is 4.79 Å². The van der Waals surface area contributed by atoms with E-state index >= 15 is 0 Å². The Morgan fingerprint density at radius 3 is 2.59 bits per heavy atom. The van der Waals surface area contributed by atoms with Crippen LogP contribution >= 0.6 is 0 Å². The van der Waals surface area contributed by atoms with Crippen molar-refractivity contribution in [3.8, 4) is 17.1 Å². The number of aromatic nitrogens is 5. The summed E-state index contributed by atoms with van der Waals surface area (Å²) in [4.78, 5) is 15.1. The van der Waals surface area contributed by atoms with Crippen LogP contribution in [0.1, 0.15) is 12.5 Å². The van der Waals surface area contributed by atoms with Gasteiger partial charge in [0.1, 0.15) is 5.69 Å². The van der Waals surface area contributed by atoms with E-state index in [0.717, 1.165) is 22.6 Å². The van der Waals surface area contributed by atoms with E-state index in [2.05, 4.69) is 20.6 Å². The number of amides is 1. The number of nitrogens with one attached hydrogen (secondary N) is 1. The van der Waals surface area contributed by atoms with Gasteiger partial charge in [0.25, 0.3) is 0 Å². The minimum atomic E-state index is -0.0427. The van der Waals surface area contributed by atoms with E-state index in [1.54, 1.807) is 23.4 Å². The molecule has 0 bridgehead atoms. The van der Waals surface area contributed by atoms with E-state index in [9.17, 15) is 4.79 Å². The normalized spacial score (nSPS) is 10.6. The molecule has 0 aliphatic heterocycles. The molecule has 7 heteroatoms. The van der Waals surface area contributed by atoms with Crippen LogP contribution < -0.4 is 5.32 Å². The van der Waals surface area contributed by atoms with Crippen molar-refractivity contribution in [1.29, 1.82) is 0 Å². The summed E-state index contributed by atoms with van der Waals surface area (Å²) in [6, 6.07) is 7.82. The highest BCUT2D eigenvalue weighted by atomic mass is 16.1. The van der Waals surface area contributed by atoms with Crippen LogP contribution in [0.2, 0.25) is 0 Å². The topological polar surface area (TPSA) is 77.6 Å². The molecule has 2 heterocycles. The Balaban J connectivity index is 1.88. The van der Waals surface area contributed by atoms with E-state index in [0.29, 0.717) is 6.54 Å². The zero-order valence-corrected chi connectivity index (χ0v) is 12.4. The maximum Gasteiger partial charge on any atom is 0.217 e. The van der Waals surface area contributed by atoms with Crippen LogP contribution in [0.15, 0.2) is 43.0 Å². The van der Waals surface area contributed by atoms with Gasteiger partial charge in [0.05, 0.1) is 30.1 Å². The molecule has 0 saturated carbocycles. The molecule has 3 aromatic rings. The lowest BCUT2D eigenvalue weighted by Gasteiger charge is -2.08. The second-order valence-corrected chi connectivity index (χ2v) is 5.00. The van der Waals surface area contributed by atoms with Gasteiger partial charge < -0.3 is 9.88 Å². The third-order valence-electron chi connectivity index (χ3n) is 3.35. The highest BCUT2D eigenvalue weighted by Gasteiger charge is 2.11. The van der Waals surface area contributed by atoms with Crippen molar-refractivity contribution >= 4 is 5.91 Å². The Bertz CT molecular complexity index is 786. The first-order chi connectivity index (χ1) is 10.6. The van der Waals surface area contributed by atoms with E-state index in [-0.39, 0.29) is 5.91 Å². The van der Waals surface area contributed by atoms with Gasteiger partial charge in [0, 0.05) is 20.5 Å². The molecule has 7 nitrogen and oxygen atoms in total. The summed E-state index contributed by atoms with van der Waals surface area (Å²) in [6.07, 6.45) is 5.23. The Labute approximate surface area is 127 Å². The molecule has 0 aliphatic rings. The molecule has 0 spiro atoms. The molecule has 1 amide bonds. The summed E-state index contributed by atoms with van der Waals surface area (Å²) in [5.41, 5.74) is 3.74. The fourth-order valence-electron chi connectivity index (χ4n) is 2.19. The van der Waals surface area contributed by atoms with Crippen LogP contribution in [-0.4, -0.2) is 30.5 Å². The molecule has 1 aromatic carbocycles. The van der Waals surface area contributed by atoms with Crippen molar-refractivity contribution in [2.45, 2.75) is 13.5 Å². The van der Waals surface area contributed by atoms with Crippen molar-refractivity contribution in [3.63, 3.8) is 0 Å². The number of aryl methyl sites for hydroxylation is 1. The maximum absolute atomic E-state index is 10.9. The molecule has 0 saturated heterocycles. The van der Waals surface area contributed by atoms with Crippen molar-refractivity contribution in [3.05, 3.63) is 48.5 Å². The Kier molecular flexibility index (Phi) is 3.69. The predicted octanol–water partition coefficient (Wildman–Crippen LogP) is 1.30. The van der Waals surface area contributed by atoms with Gasteiger partial charge >= 0.3 is 0 Å². The average molecular weight is 296 g/mol. The summed E-state index contributed by atoms with van der Waals surface area (Å²) in [6.45, 7) is 2.02. The molecular weight excluding hydrogens is 280 g/mol. The number of hydrogen-bond acceptors (Lipinski definition) is 4. The third-order valence-corrected chi connectivity index (χ3v) is 3.35. The highest BCUT2D eigenvalue weighted by molar-refractivity contribution is 5.72. The standard InChI is InChI=1S/C15H16N6O/c1-11(22)17-7-12-3-5-13(6-4-12)21-15(9-18-19-21)14-8-16-10-20(14)2/h3-6,8-10H,7H2,1-2H3,(H,17,22). The number of rotatable bonds is 4. The molecular formula is C15H16N6O. The van der Waals surface area contributed by atoms with Crippen LogP contribution in [-0.2, 0) is 18.4 Å². The molecule has 22 heavy (non-hydrogen) atoms. The van der Waals surface area contributed by atoms with Gasteiger partial charge in [-0.1, -0.05) is 17.3 Å². The first kappa shape index (κ1) is 14.0. The van der Waals surface area contributed by atoms with Gasteiger partial charge in [-0.25, -0.2) is 9.67 Å². The lowest BCUT2D eigenvalue weighted by atomic mass is 10.2. The monoisotopic (exact) mass is 296 g/mol. The van der Waals surface area contributed by atoms with Gasteiger partial charge in [-0.05, 0) is 17.7 Å². The SMILES string of the molecule is CC(=O)NCc1ccc(-n2nncc2-c2cncn2C)cc1. The van der Waals surface area contributed by atoms with Crippen molar-refractivity contribution in [2.75, 3.05) is 0 Å². The minimum absolute atomic E-state index is 0.0427. The highest BCUT2D eigenvalue weighted by Crippen LogP contribution is 2.20. The van der Waals surface area contributed by atoms with Crippen LogP contribution in [0.3, 0.4) is 0 Å². The first-order valence-corrected chi connectivity index (χ1v) is 6.86. The van der Waals surface area contributed by atoms with Crippen molar-refractivity contribution in [2.24, 2.45) is 7.05 Å². The Morgan fingerprint density at radius 2 is 1.95 bits per heavy atom. The molecule has 1 N–H and O–H groups in total. The van der Waals surface area contributed by atoms with Gasteiger partial charge in [-0.3, -0.25) is 4.79 Å². The van der Waals surface area contributed by atoms with Crippen LogP contribution in [0.25, 0.3) is 17.1 Å². The summed E-state index contributed by atoms with van der Waals surface area (Å²) in [5.74, 6) is -0.0427. The van der Waals surface area contributed by atoms with Gasteiger partial charge in [-0.2, -0.15) is 0 Å². The van der Waals surface area contributed by atoms with Gasteiger partial charge in [-0.15, -0.1) is 5.10 Å². The summed E-state index contributed by atoms with van der Waals surface area (Å²) >= 11 is 0. The smallest absolute Gasteiger partial charge is 0.217 e. The number of carbonyl (C=O) groups excluding carboxylic acids is 1. The fraction of sp³-hybridized carbons (Fsp3) is 0.200. The largest absolute Gasteiger partial charge is 0.352 e. The number of nitrogens with zero attached hydrogens (tertiary/aromatic N) is 5. The van der Waals surface area contributed by atoms with Gasteiger partial charge in [0.15, 0.2) is 0 Å². The molecule has 3 rings (SSSR count). The predicted molar refractivity (Wildman–Crippen MR) is 81.1 cm³/mol. The van der Waals surface area contributed by atoms with Crippen LogP contribution in [0, 0.1) is 0 Å². The molecule has 0 atom stereocenters. The molecule has 0 aliphatic carbocycles. The molecule has 0 unspecified atom stereocenters. The second kappa shape index (κ2) is 5.80. The quantitative estimate of drug-likeness (QED) is 0.787. The zero-order valence-electron chi connectivity index (χ0n) is 12.4. The molecule has 0 radical (unpaired) electrons. The minimum Gasteiger partial charge on any atom is -0.352 e. The van der Waals surface area contributed by atoms with Crippen molar-refractivity contribution in [1.82, 2.24) is 29.9 Å². The number of benzene rings is 1. The molecule has 112 valence electrons. The maximum atomic E-state index is 10.9. The molecule has 2 aromatic heterocycles. The summed E-state index contributed by atoms with van der Waals surface area (Å²) < 4.78 is 3.68. The van der Waals surface area contributed by atoms with E-state index < -0.39 is 0 Å². The Hall–Kier alpha value is -2.96.